The van der Waals surface area contributed by atoms with E-state index in [1.165, 1.54) is 36.4 Å². The fourth-order valence-electron chi connectivity index (χ4n) is 2.38. The largest absolute Gasteiger partial charge is 0.416 e. The molecule has 0 spiro atoms. The van der Waals surface area contributed by atoms with E-state index in [1.54, 1.807) is 5.38 Å². The van der Waals surface area contributed by atoms with E-state index in [2.05, 4.69) is 20.9 Å². The fraction of sp³-hybridized carbons (Fsp3) is 0.105. The predicted molar refractivity (Wildman–Crippen MR) is 105 cm³/mol. The van der Waals surface area contributed by atoms with Gasteiger partial charge in [-0.1, -0.05) is 6.07 Å². The molecule has 2 aromatic carbocycles. The highest BCUT2D eigenvalue weighted by Crippen LogP contribution is 2.30. The van der Waals surface area contributed by atoms with E-state index in [1.807, 2.05) is 0 Å². The molecule has 0 saturated carbocycles. The summed E-state index contributed by atoms with van der Waals surface area (Å²) in [5, 5.41) is 9.12. The van der Waals surface area contributed by atoms with Gasteiger partial charge >= 0.3 is 12.2 Å². The van der Waals surface area contributed by atoms with Crippen molar-refractivity contribution in [1.29, 1.82) is 0 Å². The van der Waals surface area contributed by atoms with Gasteiger partial charge in [-0.05, 0) is 42.5 Å². The van der Waals surface area contributed by atoms with Crippen molar-refractivity contribution in [1.82, 2.24) is 4.98 Å². The summed E-state index contributed by atoms with van der Waals surface area (Å²) >= 11 is 1.07. The molecule has 0 radical (unpaired) electrons. The van der Waals surface area contributed by atoms with Crippen molar-refractivity contribution < 1.29 is 27.2 Å². The lowest BCUT2D eigenvalue weighted by Crippen LogP contribution is -2.19. The van der Waals surface area contributed by atoms with Gasteiger partial charge in [0.2, 0.25) is 5.91 Å². The average molecular weight is 438 g/mol. The summed E-state index contributed by atoms with van der Waals surface area (Å²) in [6, 6.07) is 8.86. The van der Waals surface area contributed by atoms with Crippen LogP contribution in [0, 0.1) is 5.82 Å². The van der Waals surface area contributed by atoms with Crippen LogP contribution in [0.15, 0.2) is 53.9 Å². The molecule has 0 saturated heterocycles. The van der Waals surface area contributed by atoms with Crippen LogP contribution in [0.2, 0.25) is 0 Å². The second-order valence-electron chi connectivity index (χ2n) is 6.03. The maximum absolute atomic E-state index is 12.9. The Morgan fingerprint density at radius 2 is 1.70 bits per heavy atom. The second kappa shape index (κ2) is 8.91. The molecule has 30 heavy (non-hydrogen) atoms. The van der Waals surface area contributed by atoms with Crippen LogP contribution in [0.1, 0.15) is 11.3 Å². The monoisotopic (exact) mass is 438 g/mol. The number of nitrogens with one attached hydrogen (secondary N) is 3. The van der Waals surface area contributed by atoms with Gasteiger partial charge in [0.1, 0.15) is 5.82 Å². The van der Waals surface area contributed by atoms with E-state index in [0.717, 1.165) is 23.5 Å². The first-order chi connectivity index (χ1) is 14.2. The number of benzene rings is 2. The summed E-state index contributed by atoms with van der Waals surface area (Å²) in [6.07, 6.45) is -4.70. The van der Waals surface area contributed by atoms with Gasteiger partial charge in [0, 0.05) is 16.8 Å². The molecule has 1 heterocycles. The number of anilines is 3. The number of rotatable bonds is 5. The fourth-order valence-corrected chi connectivity index (χ4v) is 3.09. The van der Waals surface area contributed by atoms with Crippen molar-refractivity contribution in [3.8, 4) is 0 Å². The molecule has 0 unspecified atom stereocenters. The SMILES string of the molecule is O=C(Cc1csc(NC(=O)Nc2ccc(F)cc2)n1)Nc1cccc(C(F)(F)F)c1. The number of hydrogen-bond acceptors (Lipinski definition) is 4. The van der Waals surface area contributed by atoms with Crippen LogP contribution in [0.25, 0.3) is 0 Å². The third kappa shape index (κ3) is 6.01. The van der Waals surface area contributed by atoms with Crippen LogP contribution in [0.3, 0.4) is 0 Å². The smallest absolute Gasteiger partial charge is 0.326 e. The zero-order chi connectivity index (χ0) is 21.7. The minimum absolute atomic E-state index is 0.0158. The molecule has 3 amide bonds. The van der Waals surface area contributed by atoms with Crippen molar-refractivity contribution in [3.63, 3.8) is 0 Å². The normalized spacial score (nSPS) is 11.1. The zero-order valence-electron chi connectivity index (χ0n) is 15.1. The van der Waals surface area contributed by atoms with Crippen molar-refractivity contribution in [2.45, 2.75) is 12.6 Å². The van der Waals surface area contributed by atoms with Crippen LogP contribution in [-0.4, -0.2) is 16.9 Å². The van der Waals surface area contributed by atoms with Gasteiger partial charge < -0.3 is 10.6 Å². The summed E-state index contributed by atoms with van der Waals surface area (Å²) in [7, 11) is 0. The first-order valence-electron chi connectivity index (χ1n) is 8.44. The van der Waals surface area contributed by atoms with Crippen molar-refractivity contribution in [3.05, 3.63) is 71.0 Å². The number of hydrogen-bond donors (Lipinski definition) is 3. The van der Waals surface area contributed by atoms with E-state index in [0.29, 0.717) is 11.4 Å². The topological polar surface area (TPSA) is 83.1 Å². The maximum Gasteiger partial charge on any atom is 0.416 e. The number of halogens is 4. The molecule has 0 aliphatic rings. The first-order valence-corrected chi connectivity index (χ1v) is 9.32. The molecule has 0 bridgehead atoms. The molecule has 6 nitrogen and oxygen atoms in total. The minimum Gasteiger partial charge on any atom is -0.326 e. The predicted octanol–water partition coefficient (Wildman–Crippen LogP) is 5.13. The van der Waals surface area contributed by atoms with Crippen LogP contribution < -0.4 is 16.0 Å². The molecule has 1 aromatic heterocycles. The van der Waals surface area contributed by atoms with Gasteiger partial charge in [0.25, 0.3) is 0 Å². The Morgan fingerprint density at radius 1 is 0.967 bits per heavy atom. The summed E-state index contributed by atoms with van der Waals surface area (Å²) < 4.78 is 51.1. The number of aromatic nitrogens is 1. The number of alkyl halides is 3. The highest BCUT2D eigenvalue weighted by Gasteiger charge is 2.30. The Labute approximate surface area is 172 Å². The van der Waals surface area contributed by atoms with Crippen LogP contribution in [0.5, 0.6) is 0 Å². The van der Waals surface area contributed by atoms with Crippen LogP contribution >= 0.6 is 11.3 Å². The molecular formula is C19H14F4N4O2S. The number of thiazole rings is 1. The summed E-state index contributed by atoms with van der Waals surface area (Å²) in [4.78, 5) is 28.1. The molecular weight excluding hydrogens is 424 g/mol. The molecule has 3 N–H and O–H groups in total. The minimum atomic E-state index is -4.51. The number of urea groups is 1. The van der Waals surface area contributed by atoms with E-state index < -0.39 is 29.5 Å². The zero-order valence-corrected chi connectivity index (χ0v) is 15.9. The number of carbonyl (C=O) groups is 2. The second-order valence-corrected chi connectivity index (χ2v) is 6.89. The summed E-state index contributed by atoms with van der Waals surface area (Å²) in [6.45, 7) is 0. The standard InChI is InChI=1S/C19H14F4N4O2S/c20-12-4-6-13(7-5-12)25-17(29)27-18-26-15(10-30-18)9-16(28)24-14-3-1-2-11(8-14)19(21,22)23/h1-8,10H,9H2,(H,24,28)(H2,25,26,27,29). The Hall–Kier alpha value is -3.47. The Kier molecular flexibility index (Phi) is 6.31. The number of nitrogens with zero attached hydrogens (tertiary/aromatic N) is 1. The molecule has 3 rings (SSSR count). The van der Waals surface area contributed by atoms with Crippen molar-refractivity contribution >= 4 is 39.8 Å². The Balaban J connectivity index is 1.54. The van der Waals surface area contributed by atoms with E-state index >= 15 is 0 Å². The molecule has 0 atom stereocenters. The molecule has 3 aromatic rings. The van der Waals surface area contributed by atoms with Crippen molar-refractivity contribution in [2.75, 3.05) is 16.0 Å². The third-order valence-electron chi connectivity index (χ3n) is 3.69. The number of amides is 3. The Bertz CT molecular complexity index is 1050. The van der Waals surface area contributed by atoms with Gasteiger partial charge in [0.05, 0.1) is 17.7 Å². The average Bonchev–Trinajstić information content (AvgIpc) is 3.09. The maximum atomic E-state index is 12.9. The highest BCUT2D eigenvalue weighted by molar-refractivity contribution is 7.14. The van der Waals surface area contributed by atoms with Gasteiger partial charge in [-0.25, -0.2) is 14.2 Å². The van der Waals surface area contributed by atoms with E-state index in [9.17, 15) is 27.2 Å². The number of carbonyl (C=O) groups excluding carboxylic acids is 2. The van der Waals surface area contributed by atoms with Gasteiger partial charge in [-0.15, -0.1) is 11.3 Å². The summed E-state index contributed by atoms with van der Waals surface area (Å²) in [5.74, 6) is -0.990. The van der Waals surface area contributed by atoms with Crippen LogP contribution in [-0.2, 0) is 17.4 Å². The lowest BCUT2D eigenvalue weighted by atomic mass is 10.2. The quantitative estimate of drug-likeness (QED) is 0.483. The van der Waals surface area contributed by atoms with Crippen LogP contribution in [0.4, 0.5) is 38.9 Å². The van der Waals surface area contributed by atoms with E-state index in [4.69, 9.17) is 0 Å². The molecule has 0 aliphatic heterocycles. The molecule has 156 valence electrons. The molecule has 0 aliphatic carbocycles. The van der Waals surface area contributed by atoms with Crippen molar-refractivity contribution in [2.24, 2.45) is 0 Å². The van der Waals surface area contributed by atoms with Gasteiger partial charge in [0.15, 0.2) is 5.13 Å². The highest BCUT2D eigenvalue weighted by atomic mass is 32.1. The third-order valence-corrected chi connectivity index (χ3v) is 4.50. The molecule has 11 heteroatoms. The van der Waals surface area contributed by atoms with Gasteiger partial charge in [-0.3, -0.25) is 10.1 Å². The van der Waals surface area contributed by atoms with E-state index in [-0.39, 0.29) is 17.2 Å². The lowest BCUT2D eigenvalue weighted by Gasteiger charge is -2.09. The Morgan fingerprint density at radius 3 is 2.40 bits per heavy atom. The first kappa shape index (κ1) is 21.2. The summed E-state index contributed by atoms with van der Waals surface area (Å²) in [5.41, 5.74) is -0.137. The lowest BCUT2D eigenvalue weighted by molar-refractivity contribution is -0.137. The van der Waals surface area contributed by atoms with Gasteiger partial charge in [-0.2, -0.15) is 13.2 Å². The molecule has 0 fully saturated rings.